The molecule has 0 spiro atoms. The molecular weight excluding hydrogens is 413 g/mol. The van der Waals surface area contributed by atoms with Crippen LogP contribution >= 0.6 is 22.6 Å². The van der Waals surface area contributed by atoms with Crippen molar-refractivity contribution in [3.63, 3.8) is 0 Å². The SMILES string of the molecule is CS(=O)(=O)Nc1ccc(C(=O)/C=C/c2ccccc2I)cc1. The van der Waals surface area contributed by atoms with Crippen molar-refractivity contribution in [3.8, 4) is 0 Å². The first-order chi connectivity index (χ1) is 10.3. The van der Waals surface area contributed by atoms with Crippen molar-refractivity contribution >= 4 is 50.2 Å². The largest absolute Gasteiger partial charge is 0.289 e. The highest BCUT2D eigenvalue weighted by Crippen LogP contribution is 2.15. The minimum absolute atomic E-state index is 0.134. The van der Waals surface area contributed by atoms with Crippen molar-refractivity contribution in [2.45, 2.75) is 0 Å². The molecule has 0 bridgehead atoms. The number of anilines is 1. The minimum atomic E-state index is -3.31. The van der Waals surface area contributed by atoms with Crippen LogP contribution in [-0.2, 0) is 10.0 Å². The normalized spacial score (nSPS) is 11.5. The molecule has 2 rings (SSSR count). The van der Waals surface area contributed by atoms with Crippen LogP contribution in [0.5, 0.6) is 0 Å². The lowest BCUT2D eigenvalue weighted by atomic mass is 10.1. The van der Waals surface area contributed by atoms with E-state index in [1.165, 1.54) is 6.08 Å². The van der Waals surface area contributed by atoms with Crippen molar-refractivity contribution < 1.29 is 13.2 Å². The van der Waals surface area contributed by atoms with Crippen molar-refractivity contribution in [1.82, 2.24) is 0 Å². The second-order valence-electron chi connectivity index (χ2n) is 4.67. The Balaban J connectivity index is 2.12. The van der Waals surface area contributed by atoms with Gasteiger partial charge in [0, 0.05) is 14.8 Å². The molecule has 22 heavy (non-hydrogen) atoms. The highest BCUT2D eigenvalue weighted by molar-refractivity contribution is 14.1. The standard InChI is InChI=1S/C16H14INO3S/c1-22(20,21)18-14-9-6-13(7-10-14)16(19)11-8-12-4-2-3-5-15(12)17/h2-11,18H,1H3/b11-8+. The zero-order valence-electron chi connectivity index (χ0n) is 11.8. The Morgan fingerprint density at radius 3 is 2.32 bits per heavy atom. The summed E-state index contributed by atoms with van der Waals surface area (Å²) in [5.74, 6) is -0.134. The lowest BCUT2D eigenvalue weighted by molar-refractivity contribution is 0.104. The fourth-order valence-corrected chi connectivity index (χ4v) is 2.92. The quantitative estimate of drug-likeness (QED) is 0.451. The Kier molecular flexibility index (Phi) is 5.36. The van der Waals surface area contributed by atoms with E-state index in [2.05, 4.69) is 27.3 Å². The van der Waals surface area contributed by atoms with Gasteiger partial charge in [0.15, 0.2) is 5.78 Å². The highest BCUT2D eigenvalue weighted by atomic mass is 127. The molecule has 0 saturated heterocycles. The number of rotatable bonds is 5. The van der Waals surface area contributed by atoms with E-state index in [1.807, 2.05) is 24.3 Å². The predicted octanol–water partition coefficient (Wildman–Crippen LogP) is 3.56. The highest BCUT2D eigenvalue weighted by Gasteiger charge is 2.05. The third-order valence-corrected chi connectivity index (χ3v) is 4.38. The summed E-state index contributed by atoms with van der Waals surface area (Å²) in [6.45, 7) is 0. The lowest BCUT2D eigenvalue weighted by Crippen LogP contribution is -2.09. The summed E-state index contributed by atoms with van der Waals surface area (Å²) in [6.07, 6.45) is 4.36. The molecule has 0 aliphatic carbocycles. The number of ketones is 1. The molecule has 0 aromatic heterocycles. The van der Waals surface area contributed by atoms with Crippen LogP contribution in [0, 0.1) is 3.57 Å². The number of nitrogens with one attached hydrogen (secondary N) is 1. The summed E-state index contributed by atoms with van der Waals surface area (Å²) in [5.41, 5.74) is 1.91. The van der Waals surface area contributed by atoms with Crippen molar-refractivity contribution in [2.24, 2.45) is 0 Å². The molecule has 0 amide bonds. The molecular formula is C16H14INO3S. The van der Waals surface area contributed by atoms with E-state index in [4.69, 9.17) is 0 Å². The van der Waals surface area contributed by atoms with E-state index in [9.17, 15) is 13.2 Å². The van der Waals surface area contributed by atoms with Crippen molar-refractivity contribution in [3.05, 3.63) is 69.3 Å². The predicted molar refractivity (Wildman–Crippen MR) is 97.4 cm³/mol. The van der Waals surface area contributed by atoms with Gasteiger partial charge in [-0.05, 0) is 64.6 Å². The van der Waals surface area contributed by atoms with Gasteiger partial charge in [0.25, 0.3) is 0 Å². The molecule has 0 saturated carbocycles. The van der Waals surface area contributed by atoms with Gasteiger partial charge in [0.2, 0.25) is 10.0 Å². The number of benzene rings is 2. The van der Waals surface area contributed by atoms with E-state index in [-0.39, 0.29) is 5.78 Å². The summed E-state index contributed by atoms with van der Waals surface area (Å²) in [7, 11) is -3.31. The van der Waals surface area contributed by atoms with Crippen LogP contribution < -0.4 is 4.72 Å². The Bertz CT molecular complexity index is 812. The van der Waals surface area contributed by atoms with Crippen LogP contribution in [0.1, 0.15) is 15.9 Å². The second kappa shape index (κ2) is 7.06. The molecule has 0 radical (unpaired) electrons. The molecule has 1 N–H and O–H groups in total. The van der Waals surface area contributed by atoms with E-state index >= 15 is 0 Å². The number of halogens is 1. The summed E-state index contributed by atoms with van der Waals surface area (Å²) in [4.78, 5) is 12.1. The average molecular weight is 427 g/mol. The summed E-state index contributed by atoms with van der Waals surface area (Å²) in [6, 6.07) is 14.1. The maximum Gasteiger partial charge on any atom is 0.229 e. The van der Waals surface area contributed by atoms with E-state index in [1.54, 1.807) is 30.3 Å². The fraction of sp³-hybridized carbons (Fsp3) is 0.0625. The monoisotopic (exact) mass is 427 g/mol. The third kappa shape index (κ3) is 4.96. The molecule has 0 fully saturated rings. The van der Waals surface area contributed by atoms with E-state index in [0.29, 0.717) is 11.3 Å². The zero-order chi connectivity index (χ0) is 16.2. The van der Waals surface area contributed by atoms with Gasteiger partial charge >= 0.3 is 0 Å². The Labute approximate surface area is 143 Å². The Hall–Kier alpha value is -1.67. The van der Waals surface area contributed by atoms with Crippen LogP contribution in [0.2, 0.25) is 0 Å². The first kappa shape index (κ1) is 16.7. The van der Waals surface area contributed by atoms with Crippen molar-refractivity contribution in [2.75, 3.05) is 11.0 Å². The van der Waals surface area contributed by atoms with Gasteiger partial charge in [-0.1, -0.05) is 24.3 Å². The lowest BCUT2D eigenvalue weighted by Gasteiger charge is -2.04. The fourth-order valence-electron chi connectivity index (χ4n) is 1.79. The summed E-state index contributed by atoms with van der Waals surface area (Å²) < 4.78 is 25.7. The number of hydrogen-bond donors (Lipinski definition) is 1. The molecule has 2 aromatic rings. The number of allylic oxidation sites excluding steroid dienone is 1. The zero-order valence-corrected chi connectivity index (χ0v) is 14.8. The molecule has 2 aromatic carbocycles. The maximum atomic E-state index is 12.1. The average Bonchev–Trinajstić information content (AvgIpc) is 2.45. The number of carbonyl (C=O) groups excluding carboxylic acids is 1. The van der Waals surface area contributed by atoms with Crippen LogP contribution in [0.15, 0.2) is 54.6 Å². The van der Waals surface area contributed by atoms with Gasteiger partial charge in [-0.15, -0.1) is 0 Å². The van der Waals surface area contributed by atoms with Crippen LogP contribution in [-0.4, -0.2) is 20.5 Å². The number of hydrogen-bond acceptors (Lipinski definition) is 3. The smallest absolute Gasteiger partial charge is 0.229 e. The van der Waals surface area contributed by atoms with Gasteiger partial charge < -0.3 is 0 Å². The second-order valence-corrected chi connectivity index (χ2v) is 7.58. The Morgan fingerprint density at radius 1 is 1.09 bits per heavy atom. The van der Waals surface area contributed by atoms with Gasteiger partial charge in [-0.2, -0.15) is 0 Å². The number of carbonyl (C=O) groups is 1. The van der Waals surface area contributed by atoms with Crippen LogP contribution in [0.3, 0.4) is 0 Å². The first-order valence-corrected chi connectivity index (χ1v) is 9.37. The molecule has 0 atom stereocenters. The van der Waals surface area contributed by atoms with Gasteiger partial charge in [0.05, 0.1) is 6.26 Å². The topological polar surface area (TPSA) is 63.2 Å². The summed E-state index contributed by atoms with van der Waals surface area (Å²) in [5, 5.41) is 0. The molecule has 0 aliphatic heterocycles. The van der Waals surface area contributed by atoms with Gasteiger partial charge in [-0.3, -0.25) is 9.52 Å². The van der Waals surface area contributed by atoms with Gasteiger partial charge in [0.1, 0.15) is 0 Å². The molecule has 0 heterocycles. The van der Waals surface area contributed by atoms with Crippen LogP contribution in [0.4, 0.5) is 5.69 Å². The van der Waals surface area contributed by atoms with E-state index < -0.39 is 10.0 Å². The van der Waals surface area contributed by atoms with Gasteiger partial charge in [-0.25, -0.2) is 8.42 Å². The summed E-state index contributed by atoms with van der Waals surface area (Å²) >= 11 is 2.21. The minimum Gasteiger partial charge on any atom is -0.289 e. The molecule has 0 unspecified atom stereocenters. The third-order valence-electron chi connectivity index (χ3n) is 2.79. The van der Waals surface area contributed by atoms with Crippen molar-refractivity contribution in [1.29, 1.82) is 0 Å². The first-order valence-electron chi connectivity index (χ1n) is 6.40. The maximum absolute atomic E-state index is 12.1. The van der Waals surface area contributed by atoms with Crippen LogP contribution in [0.25, 0.3) is 6.08 Å². The molecule has 6 heteroatoms. The molecule has 114 valence electrons. The molecule has 4 nitrogen and oxygen atoms in total. The van der Waals surface area contributed by atoms with E-state index in [0.717, 1.165) is 15.4 Å². The number of sulfonamides is 1. The Morgan fingerprint density at radius 2 is 1.73 bits per heavy atom. The molecule has 0 aliphatic rings.